The molecule has 0 amide bonds. The average Bonchev–Trinajstić information content (AvgIpc) is 2.97. The topological polar surface area (TPSA) is 62.5 Å². The van der Waals surface area contributed by atoms with Gasteiger partial charge >= 0.3 is 0 Å². The third-order valence-corrected chi connectivity index (χ3v) is 3.87. The molecule has 0 saturated heterocycles. The van der Waals surface area contributed by atoms with Crippen LogP contribution in [0.4, 0.5) is 10.2 Å². The van der Waals surface area contributed by atoms with Crippen molar-refractivity contribution in [1.82, 2.24) is 14.4 Å². The van der Waals surface area contributed by atoms with Crippen LogP contribution < -0.4 is 5.32 Å². The summed E-state index contributed by atoms with van der Waals surface area (Å²) in [5.41, 5.74) is 2.18. The zero-order chi connectivity index (χ0) is 16.4. The van der Waals surface area contributed by atoms with Crippen LogP contribution in [0, 0.1) is 11.7 Å². The van der Waals surface area contributed by atoms with Gasteiger partial charge in [0.15, 0.2) is 11.5 Å². The third kappa shape index (κ3) is 3.03. The van der Waals surface area contributed by atoms with E-state index in [1.807, 2.05) is 24.3 Å². The molecule has 0 saturated carbocycles. The zero-order valence-electron chi connectivity index (χ0n) is 13.1. The van der Waals surface area contributed by atoms with Crippen molar-refractivity contribution >= 4 is 11.5 Å². The fraction of sp³-hybridized carbons (Fsp3) is 0.294. The summed E-state index contributed by atoms with van der Waals surface area (Å²) in [6.45, 7) is 4.06. The number of anilines is 1. The molecule has 23 heavy (non-hydrogen) atoms. The second kappa shape index (κ2) is 6.34. The van der Waals surface area contributed by atoms with E-state index in [2.05, 4.69) is 15.3 Å². The molecule has 2 heterocycles. The van der Waals surface area contributed by atoms with Crippen LogP contribution in [0.5, 0.6) is 0 Å². The minimum absolute atomic E-state index is 0.0118. The van der Waals surface area contributed by atoms with Gasteiger partial charge in [0.25, 0.3) is 0 Å². The van der Waals surface area contributed by atoms with Gasteiger partial charge in [-0.1, -0.05) is 26.0 Å². The average molecular weight is 314 g/mol. The van der Waals surface area contributed by atoms with E-state index >= 15 is 0 Å². The molecule has 2 N–H and O–H groups in total. The molecule has 0 aliphatic rings. The quantitative estimate of drug-likeness (QED) is 0.760. The Bertz CT molecular complexity index is 815. The lowest BCUT2D eigenvalue weighted by Gasteiger charge is -2.20. The molecule has 0 radical (unpaired) electrons. The fourth-order valence-electron chi connectivity index (χ4n) is 2.48. The summed E-state index contributed by atoms with van der Waals surface area (Å²) in [7, 11) is 0. The standard InChI is InChI=1S/C17H19FN4O/c1-11(2)14(10-23)21-16-17-20-9-15(22(17)7-6-19-16)12-4-3-5-13(18)8-12/h3-9,11,14,23H,10H2,1-2H3,(H,19,21). The van der Waals surface area contributed by atoms with Gasteiger partial charge < -0.3 is 10.4 Å². The number of aromatic nitrogens is 3. The van der Waals surface area contributed by atoms with Crippen LogP contribution in [0.3, 0.4) is 0 Å². The maximum atomic E-state index is 13.5. The first-order valence-electron chi connectivity index (χ1n) is 7.55. The van der Waals surface area contributed by atoms with Crippen LogP contribution in [0.2, 0.25) is 0 Å². The number of nitrogens with zero attached hydrogens (tertiary/aromatic N) is 3. The van der Waals surface area contributed by atoms with E-state index < -0.39 is 0 Å². The summed E-state index contributed by atoms with van der Waals surface area (Å²) in [4.78, 5) is 8.73. The maximum absolute atomic E-state index is 13.5. The molecule has 3 aromatic rings. The van der Waals surface area contributed by atoms with Crippen molar-refractivity contribution in [2.24, 2.45) is 5.92 Å². The highest BCUT2D eigenvalue weighted by Crippen LogP contribution is 2.24. The van der Waals surface area contributed by atoms with Crippen LogP contribution in [0.1, 0.15) is 13.8 Å². The molecule has 6 heteroatoms. The van der Waals surface area contributed by atoms with Gasteiger partial charge in [-0.2, -0.15) is 0 Å². The lowest BCUT2D eigenvalue weighted by atomic mass is 10.1. The van der Waals surface area contributed by atoms with Gasteiger partial charge in [-0.25, -0.2) is 14.4 Å². The highest BCUT2D eigenvalue weighted by Gasteiger charge is 2.16. The Morgan fingerprint density at radius 2 is 2.13 bits per heavy atom. The molecular formula is C17H19FN4O. The van der Waals surface area contributed by atoms with Crippen molar-refractivity contribution in [1.29, 1.82) is 0 Å². The summed E-state index contributed by atoms with van der Waals surface area (Å²) >= 11 is 0. The van der Waals surface area contributed by atoms with E-state index in [1.165, 1.54) is 12.1 Å². The number of benzene rings is 1. The van der Waals surface area contributed by atoms with Gasteiger partial charge in [0.2, 0.25) is 0 Å². The number of rotatable bonds is 5. The van der Waals surface area contributed by atoms with E-state index in [-0.39, 0.29) is 24.4 Å². The number of hydrogen-bond acceptors (Lipinski definition) is 4. The Labute approximate surface area is 133 Å². The van der Waals surface area contributed by atoms with E-state index in [1.54, 1.807) is 24.7 Å². The fourth-order valence-corrected chi connectivity index (χ4v) is 2.48. The van der Waals surface area contributed by atoms with E-state index in [9.17, 15) is 9.50 Å². The first-order valence-corrected chi connectivity index (χ1v) is 7.55. The molecule has 120 valence electrons. The highest BCUT2D eigenvalue weighted by atomic mass is 19.1. The van der Waals surface area contributed by atoms with Crippen molar-refractivity contribution in [3.05, 3.63) is 48.7 Å². The SMILES string of the molecule is CC(C)C(CO)Nc1nccn2c(-c3cccc(F)c3)cnc12. The molecule has 2 aromatic heterocycles. The maximum Gasteiger partial charge on any atom is 0.180 e. The Balaban J connectivity index is 2.04. The smallest absolute Gasteiger partial charge is 0.180 e. The summed E-state index contributed by atoms with van der Waals surface area (Å²) in [6.07, 6.45) is 5.14. The molecule has 0 aliphatic carbocycles. The van der Waals surface area contributed by atoms with Crippen LogP contribution in [-0.4, -0.2) is 32.1 Å². The number of imidazole rings is 1. The second-order valence-electron chi connectivity index (χ2n) is 5.80. The van der Waals surface area contributed by atoms with Crippen LogP contribution >= 0.6 is 0 Å². The number of nitrogens with one attached hydrogen (secondary N) is 1. The van der Waals surface area contributed by atoms with E-state index in [0.29, 0.717) is 11.5 Å². The Kier molecular flexibility index (Phi) is 4.25. The summed E-state index contributed by atoms with van der Waals surface area (Å²) in [5, 5.41) is 12.7. The largest absolute Gasteiger partial charge is 0.394 e. The zero-order valence-corrected chi connectivity index (χ0v) is 13.1. The predicted molar refractivity (Wildman–Crippen MR) is 87.7 cm³/mol. The lowest BCUT2D eigenvalue weighted by Crippen LogP contribution is -2.30. The molecule has 5 nitrogen and oxygen atoms in total. The lowest BCUT2D eigenvalue weighted by molar-refractivity contribution is 0.249. The molecule has 1 unspecified atom stereocenters. The normalized spacial score (nSPS) is 12.7. The van der Waals surface area contributed by atoms with E-state index in [4.69, 9.17) is 0 Å². The first-order chi connectivity index (χ1) is 11.1. The number of fused-ring (bicyclic) bond motifs is 1. The minimum Gasteiger partial charge on any atom is -0.394 e. The number of halogens is 1. The van der Waals surface area contributed by atoms with Gasteiger partial charge in [0, 0.05) is 18.0 Å². The summed E-state index contributed by atoms with van der Waals surface area (Å²) in [6, 6.07) is 6.29. The Morgan fingerprint density at radius 3 is 2.83 bits per heavy atom. The number of hydrogen-bond donors (Lipinski definition) is 2. The van der Waals surface area contributed by atoms with Gasteiger partial charge in [-0.05, 0) is 18.1 Å². The van der Waals surface area contributed by atoms with Crippen molar-refractivity contribution in [3.8, 4) is 11.3 Å². The number of aliphatic hydroxyl groups is 1. The van der Waals surface area contributed by atoms with Crippen molar-refractivity contribution in [2.75, 3.05) is 11.9 Å². The van der Waals surface area contributed by atoms with Gasteiger partial charge in [-0.15, -0.1) is 0 Å². The summed E-state index contributed by atoms with van der Waals surface area (Å²) in [5.74, 6) is 0.563. The van der Waals surface area contributed by atoms with Crippen molar-refractivity contribution < 1.29 is 9.50 Å². The molecule has 0 aliphatic heterocycles. The molecule has 0 bridgehead atoms. The molecule has 1 aromatic carbocycles. The van der Waals surface area contributed by atoms with Gasteiger partial charge in [0.05, 0.1) is 24.5 Å². The van der Waals surface area contributed by atoms with Gasteiger partial charge in [0.1, 0.15) is 5.82 Å². The monoisotopic (exact) mass is 314 g/mol. The Hall–Kier alpha value is -2.47. The first kappa shape index (κ1) is 15.4. The molecule has 0 fully saturated rings. The van der Waals surface area contributed by atoms with Crippen molar-refractivity contribution in [3.63, 3.8) is 0 Å². The summed E-state index contributed by atoms with van der Waals surface area (Å²) < 4.78 is 15.3. The highest BCUT2D eigenvalue weighted by molar-refractivity contribution is 5.70. The molecular weight excluding hydrogens is 295 g/mol. The minimum atomic E-state index is -0.287. The van der Waals surface area contributed by atoms with E-state index in [0.717, 1.165) is 11.3 Å². The molecule has 3 rings (SSSR count). The molecule has 0 spiro atoms. The van der Waals surface area contributed by atoms with Crippen molar-refractivity contribution in [2.45, 2.75) is 19.9 Å². The van der Waals surface area contributed by atoms with Crippen LogP contribution in [0.25, 0.3) is 16.9 Å². The van der Waals surface area contributed by atoms with Crippen LogP contribution in [0.15, 0.2) is 42.9 Å². The molecule has 1 atom stereocenters. The Morgan fingerprint density at radius 1 is 1.30 bits per heavy atom. The number of aliphatic hydroxyl groups excluding tert-OH is 1. The third-order valence-electron chi connectivity index (χ3n) is 3.87. The van der Waals surface area contributed by atoms with Gasteiger partial charge in [-0.3, -0.25) is 4.40 Å². The predicted octanol–water partition coefficient (Wildman–Crippen LogP) is 2.96. The second-order valence-corrected chi connectivity index (χ2v) is 5.80. The van der Waals surface area contributed by atoms with Crippen LogP contribution in [-0.2, 0) is 0 Å².